The minimum Gasteiger partial charge on any atom is -0.366 e. The SMILES string of the molecule is Brc1ccccc1CNc1cc(-c2ccccn2)nc(NC2CCCC2)n1. The van der Waals surface area contributed by atoms with E-state index in [1.807, 2.05) is 42.5 Å². The van der Waals surface area contributed by atoms with Crippen molar-refractivity contribution in [2.75, 3.05) is 10.6 Å². The Hall–Kier alpha value is -2.47. The first-order chi connectivity index (χ1) is 13.3. The van der Waals surface area contributed by atoms with Gasteiger partial charge in [-0.15, -0.1) is 0 Å². The van der Waals surface area contributed by atoms with Gasteiger partial charge >= 0.3 is 0 Å². The van der Waals surface area contributed by atoms with Gasteiger partial charge in [0.1, 0.15) is 5.82 Å². The molecule has 6 heteroatoms. The summed E-state index contributed by atoms with van der Waals surface area (Å²) in [4.78, 5) is 13.8. The molecule has 1 aliphatic carbocycles. The first-order valence-corrected chi connectivity index (χ1v) is 10.1. The normalized spacial score (nSPS) is 14.3. The number of pyridine rings is 1. The van der Waals surface area contributed by atoms with Crippen molar-refractivity contribution in [1.82, 2.24) is 15.0 Å². The molecule has 0 bridgehead atoms. The van der Waals surface area contributed by atoms with E-state index >= 15 is 0 Å². The van der Waals surface area contributed by atoms with Crippen LogP contribution in [0.5, 0.6) is 0 Å². The molecule has 0 radical (unpaired) electrons. The molecule has 1 aliphatic rings. The molecule has 2 N–H and O–H groups in total. The van der Waals surface area contributed by atoms with Crippen LogP contribution in [0.25, 0.3) is 11.4 Å². The number of hydrogen-bond acceptors (Lipinski definition) is 5. The third-order valence-corrected chi connectivity index (χ3v) is 5.53. The van der Waals surface area contributed by atoms with Crippen LogP contribution >= 0.6 is 15.9 Å². The lowest BCUT2D eigenvalue weighted by molar-refractivity contribution is 0.744. The summed E-state index contributed by atoms with van der Waals surface area (Å²) >= 11 is 3.60. The van der Waals surface area contributed by atoms with E-state index in [0.717, 1.165) is 21.7 Å². The minimum atomic E-state index is 0.458. The van der Waals surface area contributed by atoms with E-state index in [1.165, 1.54) is 31.2 Å². The number of hydrogen-bond donors (Lipinski definition) is 2. The highest BCUT2D eigenvalue weighted by Gasteiger charge is 2.17. The van der Waals surface area contributed by atoms with Gasteiger partial charge in [0.05, 0.1) is 11.4 Å². The van der Waals surface area contributed by atoms with Gasteiger partial charge < -0.3 is 10.6 Å². The number of aromatic nitrogens is 3. The van der Waals surface area contributed by atoms with Crippen LogP contribution in [-0.2, 0) is 6.54 Å². The van der Waals surface area contributed by atoms with Crippen molar-refractivity contribution in [3.63, 3.8) is 0 Å². The van der Waals surface area contributed by atoms with E-state index in [0.29, 0.717) is 18.5 Å². The highest BCUT2D eigenvalue weighted by atomic mass is 79.9. The van der Waals surface area contributed by atoms with Crippen molar-refractivity contribution < 1.29 is 0 Å². The van der Waals surface area contributed by atoms with E-state index < -0.39 is 0 Å². The number of halogens is 1. The highest BCUT2D eigenvalue weighted by molar-refractivity contribution is 9.10. The molecular formula is C21H22BrN5. The van der Waals surface area contributed by atoms with E-state index in [-0.39, 0.29) is 0 Å². The maximum atomic E-state index is 4.71. The molecule has 3 aromatic rings. The van der Waals surface area contributed by atoms with Gasteiger partial charge in [-0.05, 0) is 36.6 Å². The van der Waals surface area contributed by atoms with Crippen LogP contribution in [-0.4, -0.2) is 21.0 Å². The van der Waals surface area contributed by atoms with Crippen LogP contribution in [0.2, 0.25) is 0 Å². The number of nitrogens with one attached hydrogen (secondary N) is 2. The molecule has 1 aromatic carbocycles. The number of benzene rings is 1. The van der Waals surface area contributed by atoms with Crippen LogP contribution in [0, 0.1) is 0 Å². The van der Waals surface area contributed by atoms with Gasteiger partial charge in [-0.1, -0.05) is 53.0 Å². The predicted octanol–water partition coefficient (Wildman–Crippen LogP) is 5.27. The molecule has 0 spiro atoms. The van der Waals surface area contributed by atoms with E-state index in [1.54, 1.807) is 6.20 Å². The largest absolute Gasteiger partial charge is 0.366 e. The maximum absolute atomic E-state index is 4.71. The Morgan fingerprint density at radius 3 is 2.56 bits per heavy atom. The van der Waals surface area contributed by atoms with Gasteiger partial charge in [-0.3, -0.25) is 4.98 Å². The van der Waals surface area contributed by atoms with Crippen LogP contribution in [0.3, 0.4) is 0 Å². The third-order valence-electron chi connectivity index (χ3n) is 4.76. The standard InChI is InChI=1S/C21H22BrN5/c22-17-10-4-1-7-15(17)14-24-20-13-19(18-11-5-6-12-23-18)26-21(27-20)25-16-8-2-3-9-16/h1,4-7,10-13,16H,2-3,8-9,14H2,(H2,24,25,26,27). The molecule has 2 aromatic heterocycles. The van der Waals surface area contributed by atoms with Crippen molar-refractivity contribution in [3.8, 4) is 11.4 Å². The predicted molar refractivity (Wildman–Crippen MR) is 113 cm³/mol. The summed E-state index contributed by atoms with van der Waals surface area (Å²) in [5, 5.41) is 6.93. The second-order valence-corrected chi connectivity index (χ2v) is 7.60. The molecule has 4 rings (SSSR count). The molecule has 0 saturated heterocycles. The molecule has 138 valence electrons. The topological polar surface area (TPSA) is 62.7 Å². The number of anilines is 2. The quantitative estimate of drug-likeness (QED) is 0.565. The van der Waals surface area contributed by atoms with Crippen molar-refractivity contribution in [2.45, 2.75) is 38.3 Å². The Bertz CT molecular complexity index is 894. The summed E-state index contributed by atoms with van der Waals surface area (Å²) in [6.45, 7) is 0.683. The first-order valence-electron chi connectivity index (χ1n) is 9.32. The van der Waals surface area contributed by atoms with Crippen molar-refractivity contribution >= 4 is 27.7 Å². The minimum absolute atomic E-state index is 0.458. The van der Waals surface area contributed by atoms with Gasteiger partial charge in [-0.2, -0.15) is 4.98 Å². The zero-order valence-electron chi connectivity index (χ0n) is 15.0. The summed E-state index contributed by atoms with van der Waals surface area (Å²) < 4.78 is 1.08. The molecule has 0 atom stereocenters. The van der Waals surface area contributed by atoms with Crippen LogP contribution in [0.15, 0.2) is 59.2 Å². The molecule has 0 unspecified atom stereocenters. The molecule has 1 saturated carbocycles. The summed E-state index contributed by atoms with van der Waals surface area (Å²) in [6.07, 6.45) is 6.68. The summed E-state index contributed by atoms with van der Waals surface area (Å²) in [5.41, 5.74) is 2.85. The first kappa shape index (κ1) is 17.9. The fourth-order valence-electron chi connectivity index (χ4n) is 3.33. The molecule has 0 aliphatic heterocycles. The van der Waals surface area contributed by atoms with Crippen LogP contribution in [0.1, 0.15) is 31.2 Å². The smallest absolute Gasteiger partial charge is 0.225 e. The average molecular weight is 424 g/mol. The number of nitrogens with zero attached hydrogens (tertiary/aromatic N) is 3. The zero-order chi connectivity index (χ0) is 18.5. The Morgan fingerprint density at radius 2 is 1.78 bits per heavy atom. The Balaban J connectivity index is 1.59. The third kappa shape index (κ3) is 4.63. The van der Waals surface area contributed by atoms with Gasteiger partial charge in [0.25, 0.3) is 0 Å². The average Bonchev–Trinajstić information content (AvgIpc) is 3.21. The van der Waals surface area contributed by atoms with Gasteiger partial charge in [0.2, 0.25) is 5.95 Å². The van der Waals surface area contributed by atoms with Crippen molar-refractivity contribution in [2.24, 2.45) is 0 Å². The van der Waals surface area contributed by atoms with Crippen LogP contribution in [0.4, 0.5) is 11.8 Å². The Morgan fingerprint density at radius 1 is 0.963 bits per heavy atom. The van der Waals surface area contributed by atoms with Crippen molar-refractivity contribution in [3.05, 3.63) is 64.8 Å². The summed E-state index contributed by atoms with van der Waals surface area (Å²) in [7, 11) is 0. The fourth-order valence-corrected chi connectivity index (χ4v) is 3.75. The monoisotopic (exact) mass is 423 g/mol. The Labute approximate surface area is 167 Å². The van der Waals surface area contributed by atoms with Gasteiger partial charge in [0, 0.05) is 29.3 Å². The molecule has 27 heavy (non-hydrogen) atoms. The van der Waals surface area contributed by atoms with Gasteiger partial charge in [0.15, 0.2) is 0 Å². The summed E-state index contributed by atoms with van der Waals surface area (Å²) in [6, 6.07) is 16.5. The lowest BCUT2D eigenvalue weighted by Gasteiger charge is -2.15. The molecule has 5 nitrogen and oxygen atoms in total. The second-order valence-electron chi connectivity index (χ2n) is 6.75. The van der Waals surface area contributed by atoms with E-state index in [2.05, 4.69) is 37.6 Å². The van der Waals surface area contributed by atoms with E-state index in [4.69, 9.17) is 9.97 Å². The van der Waals surface area contributed by atoms with Crippen molar-refractivity contribution in [1.29, 1.82) is 0 Å². The Kier molecular flexibility index (Phi) is 5.63. The molecule has 0 amide bonds. The molecule has 1 fully saturated rings. The number of rotatable bonds is 6. The maximum Gasteiger partial charge on any atom is 0.225 e. The van der Waals surface area contributed by atoms with E-state index in [9.17, 15) is 0 Å². The fraction of sp³-hybridized carbons (Fsp3) is 0.286. The van der Waals surface area contributed by atoms with Crippen LogP contribution < -0.4 is 10.6 Å². The zero-order valence-corrected chi connectivity index (χ0v) is 16.6. The highest BCUT2D eigenvalue weighted by Crippen LogP contribution is 2.25. The summed E-state index contributed by atoms with van der Waals surface area (Å²) in [5.74, 6) is 1.46. The lowest BCUT2D eigenvalue weighted by atomic mass is 10.2. The lowest BCUT2D eigenvalue weighted by Crippen LogP contribution is -2.17. The molecular weight excluding hydrogens is 402 g/mol. The second kappa shape index (κ2) is 8.48. The van der Waals surface area contributed by atoms with Gasteiger partial charge in [-0.25, -0.2) is 4.98 Å². The molecule has 2 heterocycles.